The number of carbonyl (C=O) groups is 1. The van der Waals surface area contributed by atoms with Crippen molar-refractivity contribution in [2.75, 3.05) is 11.9 Å². The van der Waals surface area contributed by atoms with E-state index in [0.717, 1.165) is 23.4 Å². The molecule has 0 amide bonds. The fraction of sp³-hybridized carbons (Fsp3) is 0.133. The Labute approximate surface area is 111 Å². The molecular formula is C15H12ClNO. The molecule has 90 valence electrons. The van der Waals surface area contributed by atoms with E-state index in [1.165, 1.54) is 0 Å². The quantitative estimate of drug-likeness (QED) is 0.720. The second-order valence-corrected chi connectivity index (χ2v) is 4.94. The molecule has 0 N–H and O–H groups in total. The number of rotatable bonds is 0. The fourth-order valence-corrected chi connectivity index (χ4v) is 2.56. The maximum atomic E-state index is 12.5. The zero-order chi connectivity index (χ0) is 12.7. The topological polar surface area (TPSA) is 20.3 Å². The first kappa shape index (κ1) is 11.3. The average molecular weight is 258 g/mol. The van der Waals surface area contributed by atoms with Crippen LogP contribution in [0.3, 0.4) is 0 Å². The van der Waals surface area contributed by atoms with Gasteiger partial charge in [-0.3, -0.25) is 4.79 Å². The van der Waals surface area contributed by atoms with Crippen LogP contribution in [-0.4, -0.2) is 12.8 Å². The second-order valence-electron chi connectivity index (χ2n) is 4.50. The van der Waals surface area contributed by atoms with Crippen molar-refractivity contribution in [3.05, 3.63) is 64.2 Å². The van der Waals surface area contributed by atoms with Crippen molar-refractivity contribution in [2.45, 2.75) is 6.54 Å². The lowest BCUT2D eigenvalue weighted by Crippen LogP contribution is -2.16. The largest absolute Gasteiger partial charge is 0.370 e. The predicted octanol–water partition coefficient (Wildman–Crippen LogP) is 3.52. The summed E-state index contributed by atoms with van der Waals surface area (Å²) >= 11 is 6.00. The third-order valence-corrected chi connectivity index (χ3v) is 3.52. The molecule has 0 radical (unpaired) electrons. The number of hydrogen-bond donors (Lipinski definition) is 0. The van der Waals surface area contributed by atoms with Crippen molar-refractivity contribution in [1.29, 1.82) is 0 Å². The van der Waals surface area contributed by atoms with Gasteiger partial charge in [-0.05, 0) is 23.8 Å². The van der Waals surface area contributed by atoms with E-state index in [1.807, 2.05) is 43.4 Å². The van der Waals surface area contributed by atoms with E-state index < -0.39 is 0 Å². The Morgan fingerprint density at radius 1 is 1.11 bits per heavy atom. The van der Waals surface area contributed by atoms with Gasteiger partial charge in [0.15, 0.2) is 5.78 Å². The van der Waals surface area contributed by atoms with Crippen LogP contribution in [0.4, 0.5) is 5.69 Å². The number of fused-ring (bicyclic) bond motifs is 2. The molecule has 0 bridgehead atoms. The number of anilines is 1. The summed E-state index contributed by atoms with van der Waals surface area (Å²) in [5.74, 6) is 0.0486. The maximum absolute atomic E-state index is 12.5. The highest BCUT2D eigenvalue weighted by Gasteiger charge is 2.23. The van der Waals surface area contributed by atoms with Crippen LogP contribution < -0.4 is 4.90 Å². The second kappa shape index (κ2) is 4.14. The fourth-order valence-electron chi connectivity index (χ4n) is 2.39. The van der Waals surface area contributed by atoms with E-state index in [9.17, 15) is 4.79 Å². The first-order chi connectivity index (χ1) is 8.66. The molecule has 0 aliphatic carbocycles. The lowest BCUT2D eigenvalue weighted by molar-refractivity contribution is 0.103. The van der Waals surface area contributed by atoms with Crippen molar-refractivity contribution >= 4 is 23.1 Å². The van der Waals surface area contributed by atoms with E-state index in [-0.39, 0.29) is 5.78 Å². The summed E-state index contributed by atoms with van der Waals surface area (Å²) in [6.07, 6.45) is 0. The number of ketones is 1. The van der Waals surface area contributed by atoms with Crippen LogP contribution in [0.2, 0.25) is 5.02 Å². The van der Waals surface area contributed by atoms with Crippen LogP contribution in [0.1, 0.15) is 21.5 Å². The third-order valence-electron chi connectivity index (χ3n) is 3.28. The molecule has 1 aliphatic heterocycles. The molecule has 1 aliphatic rings. The molecule has 0 atom stereocenters. The van der Waals surface area contributed by atoms with Crippen molar-refractivity contribution in [1.82, 2.24) is 0 Å². The minimum atomic E-state index is 0.0486. The summed E-state index contributed by atoms with van der Waals surface area (Å²) in [4.78, 5) is 14.6. The Hall–Kier alpha value is -1.80. The molecule has 2 aromatic rings. The Morgan fingerprint density at radius 2 is 1.89 bits per heavy atom. The smallest absolute Gasteiger partial charge is 0.195 e. The van der Waals surface area contributed by atoms with Gasteiger partial charge in [-0.2, -0.15) is 0 Å². The van der Waals surface area contributed by atoms with Crippen LogP contribution in [0.25, 0.3) is 0 Å². The monoisotopic (exact) mass is 257 g/mol. The summed E-state index contributed by atoms with van der Waals surface area (Å²) in [6.45, 7) is 0.733. The number of hydrogen-bond acceptors (Lipinski definition) is 2. The standard InChI is InChI=1S/C15H12ClNO/c1-17-9-10-4-2-3-5-12(10)15(18)13-8-11(16)6-7-14(13)17/h2-8H,9H2,1H3. The predicted molar refractivity (Wildman–Crippen MR) is 73.4 cm³/mol. The Kier molecular flexibility index (Phi) is 2.60. The first-order valence-electron chi connectivity index (χ1n) is 5.80. The molecule has 2 nitrogen and oxygen atoms in total. The molecule has 2 aromatic carbocycles. The lowest BCUT2D eigenvalue weighted by Gasteiger charge is -2.19. The van der Waals surface area contributed by atoms with E-state index in [4.69, 9.17) is 11.6 Å². The van der Waals surface area contributed by atoms with Gasteiger partial charge in [-0.1, -0.05) is 35.9 Å². The molecular weight excluding hydrogens is 246 g/mol. The Balaban J connectivity index is 2.26. The van der Waals surface area contributed by atoms with Gasteiger partial charge in [-0.25, -0.2) is 0 Å². The normalized spacial score (nSPS) is 13.9. The van der Waals surface area contributed by atoms with Gasteiger partial charge < -0.3 is 4.90 Å². The molecule has 1 heterocycles. The molecule has 18 heavy (non-hydrogen) atoms. The summed E-state index contributed by atoms with van der Waals surface area (Å²) in [6, 6.07) is 13.2. The number of nitrogens with zero attached hydrogens (tertiary/aromatic N) is 1. The van der Waals surface area contributed by atoms with Crippen LogP contribution in [0.5, 0.6) is 0 Å². The van der Waals surface area contributed by atoms with Crippen molar-refractivity contribution < 1.29 is 4.79 Å². The molecule has 0 aromatic heterocycles. The maximum Gasteiger partial charge on any atom is 0.195 e. The highest BCUT2D eigenvalue weighted by molar-refractivity contribution is 6.31. The zero-order valence-electron chi connectivity index (χ0n) is 9.98. The van der Waals surface area contributed by atoms with Crippen molar-refractivity contribution in [3.8, 4) is 0 Å². The van der Waals surface area contributed by atoms with Crippen LogP contribution in [0, 0.1) is 0 Å². The third kappa shape index (κ3) is 1.70. The van der Waals surface area contributed by atoms with Gasteiger partial charge in [0.1, 0.15) is 0 Å². The highest BCUT2D eigenvalue weighted by atomic mass is 35.5. The first-order valence-corrected chi connectivity index (χ1v) is 6.18. The zero-order valence-corrected chi connectivity index (χ0v) is 10.7. The van der Waals surface area contributed by atoms with E-state index >= 15 is 0 Å². The van der Waals surface area contributed by atoms with E-state index in [1.54, 1.807) is 6.07 Å². The molecule has 0 saturated heterocycles. The Morgan fingerprint density at radius 3 is 2.72 bits per heavy atom. The average Bonchev–Trinajstić information content (AvgIpc) is 2.47. The highest BCUT2D eigenvalue weighted by Crippen LogP contribution is 2.31. The summed E-state index contributed by atoms with van der Waals surface area (Å²) in [5.41, 5.74) is 3.43. The number of carbonyl (C=O) groups excluding carboxylic acids is 1. The van der Waals surface area contributed by atoms with Gasteiger partial charge >= 0.3 is 0 Å². The molecule has 0 saturated carbocycles. The molecule has 3 rings (SSSR count). The lowest BCUT2D eigenvalue weighted by atomic mass is 9.99. The van der Waals surface area contributed by atoms with Gasteiger partial charge in [0, 0.05) is 35.4 Å². The van der Waals surface area contributed by atoms with Crippen LogP contribution >= 0.6 is 11.6 Å². The van der Waals surface area contributed by atoms with Crippen LogP contribution in [0.15, 0.2) is 42.5 Å². The number of benzene rings is 2. The SMILES string of the molecule is CN1Cc2ccccc2C(=O)c2cc(Cl)ccc21. The summed E-state index contributed by atoms with van der Waals surface area (Å²) < 4.78 is 0. The summed E-state index contributed by atoms with van der Waals surface area (Å²) in [7, 11) is 1.99. The molecule has 0 spiro atoms. The van der Waals surface area contributed by atoms with Crippen molar-refractivity contribution in [3.63, 3.8) is 0 Å². The summed E-state index contributed by atoms with van der Waals surface area (Å²) in [5, 5.41) is 0.592. The van der Waals surface area contributed by atoms with Gasteiger partial charge in [-0.15, -0.1) is 0 Å². The van der Waals surface area contributed by atoms with Crippen LogP contribution in [-0.2, 0) is 6.54 Å². The van der Waals surface area contributed by atoms with E-state index in [0.29, 0.717) is 10.6 Å². The molecule has 0 unspecified atom stereocenters. The number of halogens is 1. The van der Waals surface area contributed by atoms with Gasteiger partial charge in [0.2, 0.25) is 0 Å². The molecule has 3 heteroatoms. The Bertz CT molecular complexity index is 636. The minimum absolute atomic E-state index is 0.0486. The van der Waals surface area contributed by atoms with Gasteiger partial charge in [0.25, 0.3) is 0 Å². The van der Waals surface area contributed by atoms with Crippen molar-refractivity contribution in [2.24, 2.45) is 0 Å². The molecule has 0 fully saturated rings. The van der Waals surface area contributed by atoms with E-state index in [2.05, 4.69) is 4.90 Å². The van der Waals surface area contributed by atoms with Gasteiger partial charge in [0.05, 0.1) is 0 Å². The minimum Gasteiger partial charge on any atom is -0.370 e.